The van der Waals surface area contributed by atoms with Crippen LogP contribution < -0.4 is 10.6 Å². The first-order chi connectivity index (χ1) is 12.7. The minimum atomic E-state index is -0.438. The zero-order valence-corrected chi connectivity index (χ0v) is 14.8. The maximum absolute atomic E-state index is 12.5. The van der Waals surface area contributed by atoms with E-state index in [1.165, 1.54) is 0 Å². The van der Waals surface area contributed by atoms with Gasteiger partial charge in [0.05, 0.1) is 16.7 Å². The zero-order chi connectivity index (χ0) is 17.9. The van der Waals surface area contributed by atoms with Crippen molar-refractivity contribution in [2.45, 2.75) is 6.10 Å². The van der Waals surface area contributed by atoms with Gasteiger partial charge in [0.15, 0.2) is 5.82 Å². The van der Waals surface area contributed by atoms with Gasteiger partial charge < -0.3 is 15.7 Å². The molecule has 2 aromatic heterocycles. The molecule has 3 N–H and O–H groups in total. The maximum atomic E-state index is 12.5. The minimum Gasteiger partial charge on any atom is -0.391 e. The predicted octanol–water partition coefficient (Wildman–Crippen LogP) is 1.31. The monoisotopic (exact) mass is 369 g/mol. The number of hydrogen-bond acceptors (Lipinski definition) is 6. The van der Waals surface area contributed by atoms with Crippen LogP contribution in [0.3, 0.4) is 0 Å². The Balaban J connectivity index is 1.59. The van der Waals surface area contributed by atoms with E-state index in [0.717, 1.165) is 10.6 Å². The van der Waals surface area contributed by atoms with Crippen molar-refractivity contribution in [2.75, 3.05) is 19.6 Å². The highest BCUT2D eigenvalue weighted by atomic mass is 32.1. The third kappa shape index (κ3) is 3.39. The van der Waals surface area contributed by atoms with Crippen molar-refractivity contribution in [1.29, 1.82) is 0 Å². The quantitative estimate of drug-likeness (QED) is 0.631. The summed E-state index contributed by atoms with van der Waals surface area (Å²) in [5.74, 6) is 0.431. The van der Waals surface area contributed by atoms with Crippen molar-refractivity contribution >= 4 is 17.2 Å². The highest BCUT2D eigenvalue weighted by Crippen LogP contribution is 2.25. The number of nitrogens with one attached hydrogen (secondary N) is 2. The number of hydrogen-bond donors (Lipinski definition) is 3. The summed E-state index contributed by atoms with van der Waals surface area (Å²) in [6, 6.07) is 13.5. The van der Waals surface area contributed by atoms with Crippen LogP contribution in [0.15, 0.2) is 47.8 Å². The summed E-state index contributed by atoms with van der Waals surface area (Å²) in [6.45, 7) is 1.64. The molecule has 134 valence electrons. The van der Waals surface area contributed by atoms with Crippen molar-refractivity contribution in [3.8, 4) is 16.4 Å². The molecule has 1 amide bonds. The molecule has 2 atom stereocenters. The van der Waals surface area contributed by atoms with E-state index >= 15 is 0 Å². The molecule has 0 spiro atoms. The molecule has 7 nitrogen and oxygen atoms in total. The Morgan fingerprint density at radius 3 is 2.81 bits per heavy atom. The van der Waals surface area contributed by atoms with Crippen LogP contribution in [0.25, 0.3) is 16.4 Å². The number of aromatic nitrogens is 3. The van der Waals surface area contributed by atoms with Crippen LogP contribution in [0.4, 0.5) is 0 Å². The summed E-state index contributed by atoms with van der Waals surface area (Å²) in [6.07, 6.45) is -0.438. The summed E-state index contributed by atoms with van der Waals surface area (Å²) in [5.41, 5.74) is 0.845. The van der Waals surface area contributed by atoms with E-state index in [9.17, 15) is 9.90 Å². The Kier molecular flexibility index (Phi) is 4.79. The van der Waals surface area contributed by atoms with Gasteiger partial charge in [0.2, 0.25) is 5.82 Å². The fourth-order valence-corrected chi connectivity index (χ4v) is 3.65. The second-order valence-corrected chi connectivity index (χ2v) is 7.13. The molecule has 4 rings (SSSR count). The smallest absolute Gasteiger partial charge is 0.291 e. The molecular formula is C18H19N5O2S. The minimum absolute atomic E-state index is 0.00641. The first-order valence-electron chi connectivity index (χ1n) is 8.45. The summed E-state index contributed by atoms with van der Waals surface area (Å²) < 4.78 is 1.69. The molecule has 1 aliphatic rings. The number of aliphatic hydroxyl groups is 1. The molecule has 3 heterocycles. The van der Waals surface area contributed by atoms with Gasteiger partial charge in [0, 0.05) is 25.6 Å². The molecule has 8 heteroatoms. The van der Waals surface area contributed by atoms with Crippen LogP contribution in [-0.4, -0.2) is 51.5 Å². The topological polar surface area (TPSA) is 92.1 Å². The second-order valence-electron chi connectivity index (χ2n) is 6.18. The van der Waals surface area contributed by atoms with E-state index in [0.29, 0.717) is 25.5 Å². The van der Waals surface area contributed by atoms with Gasteiger partial charge in [-0.25, -0.2) is 9.67 Å². The molecule has 0 aliphatic carbocycles. The van der Waals surface area contributed by atoms with Crippen LogP contribution in [0.2, 0.25) is 0 Å². The van der Waals surface area contributed by atoms with Gasteiger partial charge in [-0.1, -0.05) is 24.3 Å². The van der Waals surface area contributed by atoms with Crippen LogP contribution >= 0.6 is 11.3 Å². The number of benzene rings is 1. The van der Waals surface area contributed by atoms with Crippen molar-refractivity contribution in [3.63, 3.8) is 0 Å². The normalized spacial score (nSPS) is 19.6. The number of aliphatic hydroxyl groups excluding tert-OH is 1. The average Bonchev–Trinajstić information content (AvgIpc) is 3.41. The number of thiophene rings is 1. The van der Waals surface area contributed by atoms with Gasteiger partial charge in [-0.2, -0.15) is 0 Å². The Bertz CT molecular complexity index is 878. The Labute approximate surface area is 154 Å². The van der Waals surface area contributed by atoms with E-state index in [2.05, 4.69) is 20.7 Å². The van der Waals surface area contributed by atoms with Gasteiger partial charge in [-0.05, 0) is 23.6 Å². The number of β-amino-alcohol motifs (C(OH)–C–C–N with tert-alkyl or cyclic N) is 1. The van der Waals surface area contributed by atoms with E-state index in [1.807, 2.05) is 47.8 Å². The molecule has 1 aliphatic heterocycles. The van der Waals surface area contributed by atoms with Crippen molar-refractivity contribution in [3.05, 3.63) is 53.7 Å². The van der Waals surface area contributed by atoms with Gasteiger partial charge in [-0.15, -0.1) is 16.4 Å². The highest BCUT2D eigenvalue weighted by molar-refractivity contribution is 7.13. The van der Waals surface area contributed by atoms with Crippen molar-refractivity contribution in [1.82, 2.24) is 25.4 Å². The first-order valence-corrected chi connectivity index (χ1v) is 9.33. The summed E-state index contributed by atoms with van der Waals surface area (Å²) in [5, 5.41) is 22.2. The molecule has 26 heavy (non-hydrogen) atoms. The lowest BCUT2D eigenvalue weighted by atomic mass is 10.1. The number of carbonyl (C=O) groups is 1. The molecule has 3 aromatic rings. The lowest BCUT2D eigenvalue weighted by Crippen LogP contribution is -2.34. The molecule has 0 bridgehead atoms. The van der Waals surface area contributed by atoms with Crippen LogP contribution in [0.5, 0.6) is 0 Å². The van der Waals surface area contributed by atoms with E-state index < -0.39 is 6.10 Å². The molecule has 1 saturated heterocycles. The van der Waals surface area contributed by atoms with Crippen molar-refractivity contribution < 1.29 is 9.90 Å². The van der Waals surface area contributed by atoms with Gasteiger partial charge in [0.1, 0.15) is 0 Å². The zero-order valence-electron chi connectivity index (χ0n) is 14.0. The van der Waals surface area contributed by atoms with Gasteiger partial charge in [0.25, 0.3) is 5.91 Å². The Morgan fingerprint density at radius 1 is 1.27 bits per heavy atom. The van der Waals surface area contributed by atoms with Crippen molar-refractivity contribution in [2.24, 2.45) is 5.92 Å². The maximum Gasteiger partial charge on any atom is 0.291 e. The summed E-state index contributed by atoms with van der Waals surface area (Å²) >= 11 is 1.55. The van der Waals surface area contributed by atoms with Gasteiger partial charge in [-0.3, -0.25) is 4.79 Å². The standard InChI is InChI=1S/C18H19N5O2S/c24-14-11-19-9-12(14)10-20-18(25)16-21-17(15-7-4-8-26-15)23(22-16)13-5-2-1-3-6-13/h1-8,12,14,19,24H,9-11H2,(H,20,25). The largest absolute Gasteiger partial charge is 0.391 e. The fourth-order valence-electron chi connectivity index (χ4n) is 2.95. The Morgan fingerprint density at radius 2 is 2.12 bits per heavy atom. The molecule has 1 fully saturated rings. The van der Waals surface area contributed by atoms with Crippen LogP contribution in [0.1, 0.15) is 10.6 Å². The fraction of sp³-hybridized carbons (Fsp3) is 0.278. The predicted molar refractivity (Wildman–Crippen MR) is 99.4 cm³/mol. The highest BCUT2D eigenvalue weighted by Gasteiger charge is 2.26. The third-order valence-electron chi connectivity index (χ3n) is 4.38. The number of carbonyl (C=O) groups excluding carboxylic acids is 1. The molecule has 0 saturated carbocycles. The first kappa shape index (κ1) is 16.9. The van der Waals surface area contributed by atoms with E-state index in [-0.39, 0.29) is 17.6 Å². The number of rotatable bonds is 5. The molecule has 1 aromatic carbocycles. The SMILES string of the molecule is O=C(NCC1CNCC1O)c1nc(-c2cccs2)n(-c2ccccc2)n1. The van der Waals surface area contributed by atoms with Crippen LogP contribution in [0, 0.1) is 5.92 Å². The van der Waals surface area contributed by atoms with Crippen LogP contribution in [-0.2, 0) is 0 Å². The molecule has 0 radical (unpaired) electrons. The van der Waals surface area contributed by atoms with Gasteiger partial charge >= 0.3 is 0 Å². The average molecular weight is 369 g/mol. The second kappa shape index (κ2) is 7.36. The molecular weight excluding hydrogens is 350 g/mol. The third-order valence-corrected chi connectivity index (χ3v) is 5.25. The lowest BCUT2D eigenvalue weighted by Gasteiger charge is -2.12. The van der Waals surface area contributed by atoms with E-state index in [4.69, 9.17) is 0 Å². The number of nitrogens with zero attached hydrogens (tertiary/aromatic N) is 3. The lowest BCUT2D eigenvalue weighted by molar-refractivity contribution is 0.0917. The summed E-state index contributed by atoms with van der Waals surface area (Å²) in [4.78, 5) is 17.9. The van der Waals surface area contributed by atoms with E-state index in [1.54, 1.807) is 16.0 Å². The number of para-hydroxylation sites is 1. The Hall–Kier alpha value is -2.55. The number of amides is 1. The molecule has 2 unspecified atom stereocenters. The summed E-state index contributed by atoms with van der Waals surface area (Å²) in [7, 11) is 0.